The lowest BCUT2D eigenvalue weighted by molar-refractivity contribution is -0.126. The average molecular weight is 302 g/mol. The highest BCUT2D eigenvalue weighted by atomic mass is 16.5. The van der Waals surface area contributed by atoms with Gasteiger partial charge in [0.25, 0.3) is 0 Å². The van der Waals surface area contributed by atoms with Crippen molar-refractivity contribution in [3.05, 3.63) is 34.9 Å². The number of ether oxygens (including phenoxy) is 1. The van der Waals surface area contributed by atoms with Crippen molar-refractivity contribution in [1.29, 1.82) is 0 Å². The second-order valence-corrected chi connectivity index (χ2v) is 7.12. The first kappa shape index (κ1) is 15.5. The highest BCUT2D eigenvalue weighted by Crippen LogP contribution is 2.34. The van der Waals surface area contributed by atoms with E-state index in [1.165, 1.54) is 16.7 Å². The molecule has 1 atom stereocenters. The van der Waals surface area contributed by atoms with Crippen molar-refractivity contribution >= 4 is 5.91 Å². The van der Waals surface area contributed by atoms with Crippen LogP contribution in [0, 0.1) is 19.3 Å². The predicted octanol–water partition coefficient (Wildman–Crippen LogP) is 1.98. The van der Waals surface area contributed by atoms with Gasteiger partial charge in [0, 0.05) is 45.1 Å². The normalized spacial score (nSPS) is 26.7. The van der Waals surface area contributed by atoms with Gasteiger partial charge in [-0.25, -0.2) is 0 Å². The molecule has 2 aliphatic rings. The Kier molecular flexibility index (Phi) is 4.24. The van der Waals surface area contributed by atoms with Crippen LogP contribution < -0.4 is 0 Å². The maximum Gasteiger partial charge on any atom is 0.223 e. The third-order valence-electron chi connectivity index (χ3n) is 4.94. The van der Waals surface area contributed by atoms with E-state index in [4.69, 9.17) is 4.74 Å². The van der Waals surface area contributed by atoms with Crippen molar-refractivity contribution in [2.75, 3.05) is 39.9 Å². The van der Waals surface area contributed by atoms with Gasteiger partial charge in [0.2, 0.25) is 5.91 Å². The highest BCUT2D eigenvalue weighted by Gasteiger charge is 2.44. The van der Waals surface area contributed by atoms with Gasteiger partial charge in [-0.05, 0) is 25.0 Å². The summed E-state index contributed by atoms with van der Waals surface area (Å²) in [5, 5.41) is 0. The summed E-state index contributed by atoms with van der Waals surface area (Å²) < 4.78 is 5.83. The van der Waals surface area contributed by atoms with Gasteiger partial charge in [-0.3, -0.25) is 9.69 Å². The molecule has 0 bridgehead atoms. The van der Waals surface area contributed by atoms with E-state index in [0.29, 0.717) is 13.0 Å². The zero-order chi connectivity index (χ0) is 15.7. The molecule has 2 heterocycles. The second kappa shape index (κ2) is 6.01. The first-order chi connectivity index (χ1) is 10.5. The largest absolute Gasteiger partial charge is 0.379 e. The van der Waals surface area contributed by atoms with Crippen molar-refractivity contribution in [1.82, 2.24) is 9.80 Å². The molecule has 4 nitrogen and oxygen atoms in total. The molecule has 2 fully saturated rings. The van der Waals surface area contributed by atoms with Crippen LogP contribution in [0.1, 0.15) is 23.1 Å². The molecule has 1 spiro atoms. The third-order valence-corrected chi connectivity index (χ3v) is 4.94. The van der Waals surface area contributed by atoms with Gasteiger partial charge in [0.15, 0.2) is 0 Å². The molecule has 1 amide bonds. The summed E-state index contributed by atoms with van der Waals surface area (Å²) in [4.78, 5) is 16.3. The quantitative estimate of drug-likeness (QED) is 0.837. The monoisotopic (exact) mass is 302 g/mol. The molecule has 120 valence electrons. The van der Waals surface area contributed by atoms with Gasteiger partial charge < -0.3 is 9.64 Å². The zero-order valence-electron chi connectivity index (χ0n) is 13.9. The molecule has 0 aromatic heterocycles. The van der Waals surface area contributed by atoms with Gasteiger partial charge in [-0.1, -0.05) is 23.8 Å². The van der Waals surface area contributed by atoms with Crippen molar-refractivity contribution < 1.29 is 9.53 Å². The summed E-state index contributed by atoms with van der Waals surface area (Å²) in [6.45, 7) is 9.40. The molecular weight excluding hydrogens is 276 g/mol. The minimum atomic E-state index is -0.0277. The summed E-state index contributed by atoms with van der Waals surface area (Å²) in [6, 6.07) is 6.64. The van der Waals surface area contributed by atoms with E-state index in [-0.39, 0.29) is 11.3 Å². The Hall–Kier alpha value is -1.39. The van der Waals surface area contributed by atoms with Crippen LogP contribution in [-0.4, -0.2) is 55.6 Å². The number of aryl methyl sites for hydroxylation is 2. The van der Waals surface area contributed by atoms with Crippen LogP contribution in [0.15, 0.2) is 18.2 Å². The molecule has 3 rings (SSSR count). The predicted molar refractivity (Wildman–Crippen MR) is 86.7 cm³/mol. The standard InChI is InChI=1S/C18H26N2O2/c1-14-4-5-15(2)16(8-14)10-20-6-7-22-13-18(12-20)9-17(21)19(3)11-18/h4-5,8H,6-7,9-13H2,1-3H3/t18-/m1/s1. The maximum atomic E-state index is 12.0. The average Bonchev–Trinajstić information content (AvgIpc) is 2.62. The SMILES string of the molecule is Cc1ccc(C)c(CN2CCOC[C@@]3(CC(=O)N(C)C3)C2)c1. The number of amides is 1. The Labute approximate surface area is 133 Å². The first-order valence-electron chi connectivity index (χ1n) is 8.08. The molecule has 0 radical (unpaired) electrons. The summed E-state index contributed by atoms with van der Waals surface area (Å²) in [6.07, 6.45) is 0.618. The molecule has 0 unspecified atom stereocenters. The van der Waals surface area contributed by atoms with Crippen molar-refractivity contribution in [3.63, 3.8) is 0 Å². The lowest BCUT2D eigenvalue weighted by atomic mass is 9.87. The fourth-order valence-corrected chi connectivity index (χ4v) is 3.73. The van der Waals surface area contributed by atoms with E-state index in [9.17, 15) is 4.79 Å². The summed E-state index contributed by atoms with van der Waals surface area (Å²) in [5.41, 5.74) is 4.00. The fourth-order valence-electron chi connectivity index (χ4n) is 3.73. The fraction of sp³-hybridized carbons (Fsp3) is 0.611. The van der Waals surface area contributed by atoms with Crippen LogP contribution in [-0.2, 0) is 16.1 Å². The van der Waals surface area contributed by atoms with Crippen LogP contribution in [0.25, 0.3) is 0 Å². The minimum absolute atomic E-state index is 0.0277. The molecule has 0 aliphatic carbocycles. The van der Waals surface area contributed by atoms with Crippen LogP contribution in [0.2, 0.25) is 0 Å². The lowest BCUT2D eigenvalue weighted by Crippen LogP contribution is -2.40. The van der Waals surface area contributed by atoms with Crippen LogP contribution in [0.4, 0.5) is 0 Å². The molecule has 1 aromatic rings. The van der Waals surface area contributed by atoms with E-state index < -0.39 is 0 Å². The van der Waals surface area contributed by atoms with Gasteiger partial charge in [0.05, 0.1) is 13.2 Å². The number of carbonyl (C=O) groups is 1. The van der Waals surface area contributed by atoms with Gasteiger partial charge in [-0.2, -0.15) is 0 Å². The van der Waals surface area contributed by atoms with Crippen LogP contribution in [0.5, 0.6) is 0 Å². The Morgan fingerprint density at radius 2 is 2.09 bits per heavy atom. The van der Waals surface area contributed by atoms with Crippen LogP contribution in [0.3, 0.4) is 0 Å². The number of likely N-dealkylation sites (tertiary alicyclic amines) is 1. The van der Waals surface area contributed by atoms with Gasteiger partial charge in [-0.15, -0.1) is 0 Å². The minimum Gasteiger partial charge on any atom is -0.379 e. The Bertz CT molecular complexity index is 572. The highest BCUT2D eigenvalue weighted by molar-refractivity contribution is 5.79. The number of carbonyl (C=O) groups excluding carboxylic acids is 1. The van der Waals surface area contributed by atoms with E-state index in [1.807, 2.05) is 11.9 Å². The molecule has 2 aliphatic heterocycles. The lowest BCUT2D eigenvalue weighted by Gasteiger charge is -2.31. The maximum absolute atomic E-state index is 12.0. The Balaban J connectivity index is 1.76. The van der Waals surface area contributed by atoms with Crippen molar-refractivity contribution in [2.45, 2.75) is 26.8 Å². The molecule has 4 heteroatoms. The smallest absolute Gasteiger partial charge is 0.223 e. The zero-order valence-corrected chi connectivity index (χ0v) is 13.9. The third kappa shape index (κ3) is 3.18. The Morgan fingerprint density at radius 3 is 2.82 bits per heavy atom. The van der Waals surface area contributed by atoms with E-state index in [2.05, 4.69) is 36.9 Å². The van der Waals surface area contributed by atoms with E-state index in [1.54, 1.807) is 0 Å². The van der Waals surface area contributed by atoms with Gasteiger partial charge in [0.1, 0.15) is 0 Å². The molecule has 1 aromatic carbocycles. The number of rotatable bonds is 2. The first-order valence-corrected chi connectivity index (χ1v) is 8.08. The molecule has 2 saturated heterocycles. The van der Waals surface area contributed by atoms with Gasteiger partial charge >= 0.3 is 0 Å². The Morgan fingerprint density at radius 1 is 1.27 bits per heavy atom. The number of hydrogen-bond acceptors (Lipinski definition) is 3. The molecule has 22 heavy (non-hydrogen) atoms. The summed E-state index contributed by atoms with van der Waals surface area (Å²) >= 11 is 0. The van der Waals surface area contributed by atoms with Crippen molar-refractivity contribution in [3.8, 4) is 0 Å². The molecule has 0 N–H and O–H groups in total. The summed E-state index contributed by atoms with van der Waals surface area (Å²) in [7, 11) is 1.90. The van der Waals surface area contributed by atoms with E-state index in [0.717, 1.165) is 32.8 Å². The van der Waals surface area contributed by atoms with Crippen LogP contribution >= 0.6 is 0 Å². The number of hydrogen-bond donors (Lipinski definition) is 0. The molecule has 0 saturated carbocycles. The topological polar surface area (TPSA) is 32.8 Å². The number of benzene rings is 1. The second-order valence-electron chi connectivity index (χ2n) is 7.12. The number of nitrogens with zero attached hydrogens (tertiary/aromatic N) is 2. The summed E-state index contributed by atoms with van der Waals surface area (Å²) in [5.74, 6) is 0.247. The molecular formula is C18H26N2O2. The van der Waals surface area contributed by atoms with E-state index >= 15 is 0 Å². The van der Waals surface area contributed by atoms with Crippen molar-refractivity contribution in [2.24, 2.45) is 5.41 Å².